The molecule has 1 fully saturated rings. The van der Waals surface area contributed by atoms with Crippen molar-refractivity contribution in [2.24, 2.45) is 0 Å². The molecule has 0 bridgehead atoms. The van der Waals surface area contributed by atoms with Crippen molar-refractivity contribution in [3.05, 3.63) is 29.8 Å². The van der Waals surface area contributed by atoms with Crippen LogP contribution in [0.1, 0.15) is 36.0 Å². The van der Waals surface area contributed by atoms with Gasteiger partial charge in [0.25, 0.3) is 0 Å². The molecule has 0 aliphatic heterocycles. The first-order valence-corrected chi connectivity index (χ1v) is 7.39. The maximum atomic E-state index is 11.7. The average Bonchev–Trinajstić information content (AvgIpc) is 2.89. The Balaban J connectivity index is 1.82. The number of carbonyl (C=O) groups excluding carboxylic acids is 1. The first-order chi connectivity index (χ1) is 9.15. The molecule has 0 saturated heterocycles. The van der Waals surface area contributed by atoms with E-state index in [1.807, 2.05) is 6.07 Å². The van der Waals surface area contributed by atoms with Crippen molar-refractivity contribution >= 4 is 23.6 Å². The molecule has 2 N–H and O–H groups in total. The van der Waals surface area contributed by atoms with Gasteiger partial charge in [-0.1, -0.05) is 18.9 Å². The number of amides is 1. The van der Waals surface area contributed by atoms with E-state index >= 15 is 0 Å². The Bertz CT molecular complexity index is 470. The molecule has 0 spiro atoms. The molecule has 0 radical (unpaired) electrons. The molecule has 4 nitrogen and oxygen atoms in total. The van der Waals surface area contributed by atoms with E-state index in [9.17, 15) is 9.59 Å². The highest BCUT2D eigenvalue weighted by atomic mass is 32.2. The smallest absolute Gasteiger partial charge is 0.335 e. The third-order valence-corrected chi connectivity index (χ3v) is 4.16. The minimum atomic E-state index is -0.946. The molecule has 2 rings (SSSR count). The minimum absolute atomic E-state index is 0.0256. The SMILES string of the molecule is O=C(CSc1cccc(C(=O)O)c1)NC1CCCC1. The Morgan fingerprint density at radius 2 is 2.05 bits per heavy atom. The standard InChI is InChI=1S/C14H17NO3S/c16-13(15-11-5-1-2-6-11)9-19-12-7-3-4-10(8-12)14(17)18/h3-4,7-8,11H,1-2,5-6,9H2,(H,15,16)(H,17,18). The molecule has 1 amide bonds. The van der Waals surface area contributed by atoms with Gasteiger partial charge in [0.15, 0.2) is 0 Å². The van der Waals surface area contributed by atoms with Crippen molar-refractivity contribution < 1.29 is 14.7 Å². The fraction of sp³-hybridized carbons (Fsp3) is 0.429. The van der Waals surface area contributed by atoms with Crippen LogP contribution in [-0.2, 0) is 4.79 Å². The van der Waals surface area contributed by atoms with Crippen molar-refractivity contribution in [1.82, 2.24) is 5.32 Å². The van der Waals surface area contributed by atoms with E-state index in [0.29, 0.717) is 11.8 Å². The van der Waals surface area contributed by atoms with Crippen molar-refractivity contribution in [2.45, 2.75) is 36.6 Å². The number of carboxylic acids is 1. The fourth-order valence-electron chi connectivity index (χ4n) is 2.21. The van der Waals surface area contributed by atoms with Crippen molar-refractivity contribution in [1.29, 1.82) is 0 Å². The van der Waals surface area contributed by atoms with Gasteiger partial charge in [0.2, 0.25) is 5.91 Å². The third kappa shape index (κ3) is 4.28. The number of carbonyl (C=O) groups is 2. The van der Waals surface area contributed by atoms with Gasteiger partial charge in [-0.25, -0.2) is 4.79 Å². The molecule has 5 heteroatoms. The van der Waals surface area contributed by atoms with Crippen LogP contribution in [0.2, 0.25) is 0 Å². The van der Waals surface area contributed by atoms with E-state index in [-0.39, 0.29) is 11.5 Å². The molecule has 0 aromatic heterocycles. The predicted octanol–water partition coefficient (Wildman–Crippen LogP) is 2.54. The van der Waals surface area contributed by atoms with Gasteiger partial charge in [0.1, 0.15) is 0 Å². The van der Waals surface area contributed by atoms with Crippen LogP contribution in [0.3, 0.4) is 0 Å². The van der Waals surface area contributed by atoms with Crippen molar-refractivity contribution in [2.75, 3.05) is 5.75 Å². The zero-order chi connectivity index (χ0) is 13.7. The Hall–Kier alpha value is -1.49. The van der Waals surface area contributed by atoms with E-state index < -0.39 is 5.97 Å². The lowest BCUT2D eigenvalue weighted by atomic mass is 10.2. The van der Waals surface area contributed by atoms with Crippen LogP contribution in [0.25, 0.3) is 0 Å². The Kier molecular flexibility index (Phi) is 4.85. The number of aromatic carboxylic acids is 1. The fourth-order valence-corrected chi connectivity index (χ4v) is 2.97. The largest absolute Gasteiger partial charge is 0.478 e. The van der Waals surface area contributed by atoms with Gasteiger partial charge < -0.3 is 10.4 Å². The molecular formula is C14H17NO3S. The highest BCUT2D eigenvalue weighted by Crippen LogP contribution is 2.20. The molecule has 19 heavy (non-hydrogen) atoms. The zero-order valence-corrected chi connectivity index (χ0v) is 11.4. The van der Waals surface area contributed by atoms with Gasteiger partial charge in [0.05, 0.1) is 11.3 Å². The first-order valence-electron chi connectivity index (χ1n) is 6.40. The second-order valence-corrected chi connectivity index (χ2v) is 5.72. The average molecular weight is 279 g/mol. The van der Waals surface area contributed by atoms with Crippen molar-refractivity contribution in [3.63, 3.8) is 0 Å². The molecule has 102 valence electrons. The summed E-state index contributed by atoms with van der Waals surface area (Å²) in [5.74, 6) is -0.588. The normalized spacial score (nSPS) is 15.4. The summed E-state index contributed by atoms with van der Waals surface area (Å²) in [5.41, 5.74) is 0.251. The molecule has 0 atom stereocenters. The topological polar surface area (TPSA) is 66.4 Å². The molecule has 1 aliphatic carbocycles. The van der Waals surface area contributed by atoms with Gasteiger partial charge >= 0.3 is 5.97 Å². The summed E-state index contributed by atoms with van der Waals surface area (Å²) >= 11 is 1.37. The molecule has 0 unspecified atom stereocenters. The predicted molar refractivity (Wildman–Crippen MR) is 74.5 cm³/mol. The van der Waals surface area contributed by atoms with Crippen LogP contribution in [0.15, 0.2) is 29.2 Å². The van der Waals surface area contributed by atoms with E-state index in [4.69, 9.17) is 5.11 Å². The van der Waals surface area contributed by atoms with E-state index in [1.165, 1.54) is 24.6 Å². The molecule has 1 aromatic carbocycles. The second-order valence-electron chi connectivity index (χ2n) is 4.67. The van der Waals surface area contributed by atoms with E-state index in [2.05, 4.69) is 5.32 Å². The van der Waals surface area contributed by atoms with E-state index in [0.717, 1.165) is 17.7 Å². The third-order valence-electron chi connectivity index (χ3n) is 3.17. The van der Waals surface area contributed by atoms with Crippen LogP contribution < -0.4 is 5.32 Å². The number of carboxylic acid groups (broad SMARTS) is 1. The quantitative estimate of drug-likeness (QED) is 0.813. The minimum Gasteiger partial charge on any atom is -0.478 e. The monoisotopic (exact) mass is 279 g/mol. The van der Waals surface area contributed by atoms with Gasteiger partial charge in [-0.2, -0.15) is 0 Å². The summed E-state index contributed by atoms with van der Waals surface area (Å²) in [7, 11) is 0. The number of rotatable bonds is 5. The van der Waals surface area contributed by atoms with Gasteiger partial charge in [-0.3, -0.25) is 4.79 Å². The summed E-state index contributed by atoms with van der Waals surface area (Å²) in [4.78, 5) is 23.4. The Morgan fingerprint density at radius 3 is 2.74 bits per heavy atom. The lowest BCUT2D eigenvalue weighted by Crippen LogP contribution is -2.33. The summed E-state index contributed by atoms with van der Waals surface area (Å²) in [6, 6.07) is 6.99. The number of benzene rings is 1. The van der Waals surface area contributed by atoms with Gasteiger partial charge in [-0.15, -0.1) is 11.8 Å². The zero-order valence-electron chi connectivity index (χ0n) is 10.6. The van der Waals surface area contributed by atoms with Crippen molar-refractivity contribution in [3.8, 4) is 0 Å². The molecule has 1 aliphatic rings. The van der Waals surface area contributed by atoms with Crippen LogP contribution in [-0.4, -0.2) is 28.8 Å². The highest BCUT2D eigenvalue weighted by Gasteiger charge is 2.17. The van der Waals surface area contributed by atoms with Crippen LogP contribution in [0.4, 0.5) is 0 Å². The number of thioether (sulfide) groups is 1. The lowest BCUT2D eigenvalue weighted by molar-refractivity contribution is -0.119. The number of hydrogen-bond donors (Lipinski definition) is 2. The van der Waals surface area contributed by atoms with Gasteiger partial charge in [0, 0.05) is 10.9 Å². The summed E-state index contributed by atoms with van der Waals surface area (Å²) in [6.45, 7) is 0. The number of hydrogen-bond acceptors (Lipinski definition) is 3. The summed E-state index contributed by atoms with van der Waals surface area (Å²) < 4.78 is 0. The molecule has 0 heterocycles. The van der Waals surface area contributed by atoms with Crippen LogP contribution in [0, 0.1) is 0 Å². The Morgan fingerprint density at radius 1 is 1.32 bits per heavy atom. The van der Waals surface area contributed by atoms with E-state index in [1.54, 1.807) is 18.2 Å². The number of nitrogens with one attached hydrogen (secondary N) is 1. The van der Waals surface area contributed by atoms with Crippen LogP contribution >= 0.6 is 11.8 Å². The van der Waals surface area contributed by atoms with Gasteiger partial charge in [-0.05, 0) is 31.0 Å². The maximum Gasteiger partial charge on any atom is 0.335 e. The van der Waals surface area contributed by atoms with Crippen LogP contribution in [0.5, 0.6) is 0 Å². The Labute approximate surface area is 116 Å². The molecular weight excluding hydrogens is 262 g/mol. The second kappa shape index (κ2) is 6.61. The maximum absolute atomic E-state index is 11.7. The molecule has 1 saturated carbocycles. The lowest BCUT2D eigenvalue weighted by Gasteiger charge is -2.11. The summed E-state index contributed by atoms with van der Waals surface area (Å²) in [5, 5.41) is 11.9. The summed E-state index contributed by atoms with van der Waals surface area (Å²) in [6.07, 6.45) is 4.54. The first kappa shape index (κ1) is 13.9. The highest BCUT2D eigenvalue weighted by molar-refractivity contribution is 8.00. The molecule has 1 aromatic rings.